The molecule has 1 aliphatic rings. The fourth-order valence-electron chi connectivity index (χ4n) is 1.59. The van der Waals surface area contributed by atoms with Crippen LogP contribution < -0.4 is 0 Å². The fraction of sp³-hybridized carbons (Fsp3) is 0.462. The molecular formula is C13H17NO3. The van der Waals surface area contributed by atoms with Crippen molar-refractivity contribution in [1.82, 2.24) is 0 Å². The zero-order valence-corrected chi connectivity index (χ0v) is 9.96. The van der Waals surface area contributed by atoms with Crippen LogP contribution in [0, 0.1) is 4.91 Å². The zero-order chi connectivity index (χ0) is 12.7. The summed E-state index contributed by atoms with van der Waals surface area (Å²) in [4.78, 5) is 21.8. The molecule has 0 aromatic rings. The number of rotatable bonds is 5. The van der Waals surface area contributed by atoms with Crippen molar-refractivity contribution < 1.29 is 9.53 Å². The van der Waals surface area contributed by atoms with E-state index in [1.165, 1.54) is 6.08 Å². The standard InChI is InChI=1S/C13H17NO3/c1-3-10(2)17-13(15)8-7-11-5-4-6-12(9-11)14-16/h3,5,7-8,10,12H,1,4,6,9H2,2H3/b8-7+/t10-,12?/m1/s1. The largest absolute Gasteiger partial charge is 0.455 e. The molecule has 1 rings (SSSR count). The second kappa shape index (κ2) is 6.78. The molecule has 4 nitrogen and oxygen atoms in total. The van der Waals surface area contributed by atoms with Crippen LogP contribution in [-0.2, 0) is 9.53 Å². The van der Waals surface area contributed by atoms with E-state index in [1.807, 2.05) is 6.08 Å². The minimum atomic E-state index is -0.403. The van der Waals surface area contributed by atoms with E-state index in [0.717, 1.165) is 18.4 Å². The Morgan fingerprint density at radius 1 is 1.71 bits per heavy atom. The zero-order valence-electron chi connectivity index (χ0n) is 9.96. The average Bonchev–Trinajstić information content (AvgIpc) is 2.36. The number of carbonyl (C=O) groups excluding carboxylic acids is 1. The van der Waals surface area contributed by atoms with E-state index in [4.69, 9.17) is 4.74 Å². The number of esters is 1. The quantitative estimate of drug-likeness (QED) is 0.318. The Labute approximate surface area is 101 Å². The molecule has 0 aliphatic heterocycles. The van der Waals surface area contributed by atoms with Gasteiger partial charge in [-0.2, -0.15) is 4.91 Å². The predicted octanol–water partition coefficient (Wildman–Crippen LogP) is 2.91. The van der Waals surface area contributed by atoms with Gasteiger partial charge in [0, 0.05) is 6.08 Å². The van der Waals surface area contributed by atoms with Crippen LogP contribution >= 0.6 is 0 Å². The van der Waals surface area contributed by atoms with E-state index in [1.54, 1.807) is 19.1 Å². The van der Waals surface area contributed by atoms with Crippen LogP contribution in [0.25, 0.3) is 0 Å². The Kier molecular flexibility index (Phi) is 5.33. The number of ether oxygens (including phenoxy) is 1. The van der Waals surface area contributed by atoms with Gasteiger partial charge < -0.3 is 4.74 Å². The molecule has 0 saturated carbocycles. The SMILES string of the molecule is C=C[C@@H](C)OC(=O)/C=C/C1=CCCC(N=O)C1. The summed E-state index contributed by atoms with van der Waals surface area (Å²) in [5.74, 6) is -0.403. The van der Waals surface area contributed by atoms with Crippen LogP contribution in [0.1, 0.15) is 26.2 Å². The van der Waals surface area contributed by atoms with Crippen LogP contribution in [0.5, 0.6) is 0 Å². The van der Waals surface area contributed by atoms with Gasteiger partial charge in [0.15, 0.2) is 0 Å². The molecule has 0 bridgehead atoms. The molecule has 0 saturated heterocycles. The molecule has 0 radical (unpaired) electrons. The van der Waals surface area contributed by atoms with Crippen molar-refractivity contribution in [3.05, 3.63) is 41.4 Å². The lowest BCUT2D eigenvalue weighted by atomic mass is 9.95. The highest BCUT2D eigenvalue weighted by Crippen LogP contribution is 2.21. The van der Waals surface area contributed by atoms with Gasteiger partial charge in [-0.15, -0.1) is 0 Å². The molecule has 0 aromatic heterocycles. The van der Waals surface area contributed by atoms with Crippen molar-refractivity contribution in [2.24, 2.45) is 5.18 Å². The second-order valence-corrected chi connectivity index (χ2v) is 4.03. The Morgan fingerprint density at radius 2 is 2.47 bits per heavy atom. The number of carbonyl (C=O) groups is 1. The molecule has 0 aromatic carbocycles. The summed E-state index contributed by atoms with van der Waals surface area (Å²) in [7, 11) is 0. The summed E-state index contributed by atoms with van der Waals surface area (Å²) < 4.78 is 4.99. The number of nitroso groups, excluding NO2 is 1. The first-order valence-electron chi connectivity index (χ1n) is 5.68. The Hall–Kier alpha value is -1.71. The molecule has 0 N–H and O–H groups in total. The molecule has 0 amide bonds. The molecule has 0 fully saturated rings. The van der Waals surface area contributed by atoms with Gasteiger partial charge in [-0.1, -0.05) is 30.0 Å². The highest BCUT2D eigenvalue weighted by Gasteiger charge is 2.14. The molecule has 0 spiro atoms. The maximum Gasteiger partial charge on any atom is 0.331 e. The summed E-state index contributed by atoms with van der Waals surface area (Å²) in [6.45, 7) is 5.27. The number of allylic oxidation sites excluding steroid dienone is 2. The summed E-state index contributed by atoms with van der Waals surface area (Å²) in [5.41, 5.74) is 0.962. The normalized spacial score (nSPS) is 21.7. The predicted molar refractivity (Wildman–Crippen MR) is 66.4 cm³/mol. The Balaban J connectivity index is 2.47. The van der Waals surface area contributed by atoms with Crippen molar-refractivity contribution in [3.8, 4) is 0 Å². The van der Waals surface area contributed by atoms with Crippen molar-refractivity contribution in [2.75, 3.05) is 0 Å². The van der Waals surface area contributed by atoms with Gasteiger partial charge in [0.25, 0.3) is 0 Å². The summed E-state index contributed by atoms with van der Waals surface area (Å²) in [6.07, 6.45) is 8.56. The van der Waals surface area contributed by atoms with Crippen molar-refractivity contribution in [1.29, 1.82) is 0 Å². The first kappa shape index (κ1) is 13.4. The van der Waals surface area contributed by atoms with E-state index in [-0.39, 0.29) is 12.1 Å². The molecule has 17 heavy (non-hydrogen) atoms. The summed E-state index contributed by atoms with van der Waals surface area (Å²) >= 11 is 0. The smallest absolute Gasteiger partial charge is 0.331 e. The van der Waals surface area contributed by atoms with Crippen LogP contribution in [0.2, 0.25) is 0 Å². The van der Waals surface area contributed by atoms with Gasteiger partial charge in [0.05, 0.1) is 6.04 Å². The lowest BCUT2D eigenvalue weighted by molar-refractivity contribution is -0.140. The maximum absolute atomic E-state index is 11.3. The minimum Gasteiger partial charge on any atom is -0.455 e. The number of hydrogen-bond donors (Lipinski definition) is 0. The lowest BCUT2D eigenvalue weighted by Gasteiger charge is -2.14. The number of hydrogen-bond acceptors (Lipinski definition) is 4. The molecule has 1 unspecified atom stereocenters. The highest BCUT2D eigenvalue weighted by atomic mass is 16.5. The van der Waals surface area contributed by atoms with E-state index < -0.39 is 5.97 Å². The highest BCUT2D eigenvalue weighted by molar-refractivity contribution is 5.82. The lowest BCUT2D eigenvalue weighted by Crippen LogP contribution is -2.11. The second-order valence-electron chi connectivity index (χ2n) is 4.03. The average molecular weight is 235 g/mol. The van der Waals surface area contributed by atoms with Crippen LogP contribution in [0.3, 0.4) is 0 Å². The van der Waals surface area contributed by atoms with E-state index in [2.05, 4.69) is 11.8 Å². The monoisotopic (exact) mass is 235 g/mol. The van der Waals surface area contributed by atoms with Gasteiger partial charge in [-0.25, -0.2) is 4.79 Å². The van der Waals surface area contributed by atoms with Crippen molar-refractivity contribution in [3.63, 3.8) is 0 Å². The van der Waals surface area contributed by atoms with Gasteiger partial charge in [-0.05, 0) is 31.8 Å². The first-order valence-corrected chi connectivity index (χ1v) is 5.68. The van der Waals surface area contributed by atoms with Gasteiger partial charge >= 0.3 is 5.97 Å². The third kappa shape index (κ3) is 4.76. The topological polar surface area (TPSA) is 55.7 Å². The van der Waals surface area contributed by atoms with Crippen molar-refractivity contribution in [2.45, 2.75) is 38.3 Å². The minimum absolute atomic E-state index is 0.164. The van der Waals surface area contributed by atoms with E-state index in [0.29, 0.717) is 6.42 Å². The molecule has 0 heterocycles. The molecule has 2 atom stereocenters. The Morgan fingerprint density at radius 3 is 3.12 bits per heavy atom. The third-order valence-electron chi connectivity index (χ3n) is 2.59. The molecule has 4 heteroatoms. The van der Waals surface area contributed by atoms with Gasteiger partial charge in [0.2, 0.25) is 0 Å². The van der Waals surface area contributed by atoms with Gasteiger partial charge in [0.1, 0.15) is 6.10 Å². The molecular weight excluding hydrogens is 218 g/mol. The van der Waals surface area contributed by atoms with Crippen LogP contribution in [-0.4, -0.2) is 18.1 Å². The van der Waals surface area contributed by atoms with E-state index >= 15 is 0 Å². The van der Waals surface area contributed by atoms with Gasteiger partial charge in [-0.3, -0.25) is 0 Å². The van der Waals surface area contributed by atoms with Crippen LogP contribution in [0.4, 0.5) is 0 Å². The molecule has 92 valence electrons. The summed E-state index contributed by atoms with van der Waals surface area (Å²) in [5, 5.41) is 3.03. The summed E-state index contributed by atoms with van der Waals surface area (Å²) in [6, 6.07) is -0.164. The molecule has 1 aliphatic carbocycles. The fourth-order valence-corrected chi connectivity index (χ4v) is 1.59. The third-order valence-corrected chi connectivity index (χ3v) is 2.59. The first-order chi connectivity index (χ1) is 8.15. The Bertz CT molecular complexity index is 358. The van der Waals surface area contributed by atoms with E-state index in [9.17, 15) is 9.70 Å². The van der Waals surface area contributed by atoms with Crippen LogP contribution in [0.15, 0.2) is 41.6 Å². The number of nitrogens with zero attached hydrogens (tertiary/aromatic N) is 1. The van der Waals surface area contributed by atoms with Crippen molar-refractivity contribution >= 4 is 5.97 Å². The maximum atomic E-state index is 11.3.